The third-order valence-corrected chi connectivity index (χ3v) is 6.56. The van der Waals surface area contributed by atoms with Crippen LogP contribution < -0.4 is 4.90 Å². The number of Topliss-reactive ketones (excluding diaryl/α,β-unsaturated/α-hetero) is 1. The third kappa shape index (κ3) is 4.30. The zero-order valence-electron chi connectivity index (χ0n) is 17.6. The lowest BCUT2D eigenvalue weighted by Gasteiger charge is -2.23. The Labute approximate surface area is 192 Å². The number of allylic oxidation sites excluding steroid dienone is 1. The summed E-state index contributed by atoms with van der Waals surface area (Å²) in [6.45, 7) is 0. The van der Waals surface area contributed by atoms with Crippen molar-refractivity contribution in [3.63, 3.8) is 0 Å². The van der Waals surface area contributed by atoms with Gasteiger partial charge in [-0.1, -0.05) is 54.6 Å². The Bertz CT molecular complexity index is 1200. The monoisotopic (exact) mass is 437 g/mol. The van der Waals surface area contributed by atoms with Gasteiger partial charge in [0.2, 0.25) is 0 Å². The van der Waals surface area contributed by atoms with Crippen molar-refractivity contribution in [1.82, 2.24) is 0 Å². The number of amidine groups is 1. The highest BCUT2D eigenvalue weighted by Crippen LogP contribution is 2.42. The Balaban J connectivity index is 1.72. The van der Waals surface area contributed by atoms with Crippen LogP contribution in [0.25, 0.3) is 0 Å². The van der Waals surface area contributed by atoms with E-state index in [-0.39, 0.29) is 5.78 Å². The van der Waals surface area contributed by atoms with Crippen LogP contribution in [0.1, 0.15) is 25.7 Å². The summed E-state index contributed by atoms with van der Waals surface area (Å²) in [6.07, 6.45) is 3.39. The standard InChI is InChI=1S/C27H23N3OS/c31-24-19-11-10-18-23(24)27-30(22-16-8-3-9-17-22)25(28-20-12-4-1-5-13-20)26(32-27)29-21-14-6-2-7-15-21/h1-9,12-17H,10-11,18-19H2. The molecule has 0 atom stereocenters. The van der Waals surface area contributed by atoms with Gasteiger partial charge >= 0.3 is 0 Å². The number of anilines is 1. The maximum atomic E-state index is 12.9. The van der Waals surface area contributed by atoms with E-state index in [2.05, 4.69) is 17.0 Å². The first-order valence-electron chi connectivity index (χ1n) is 10.9. The molecule has 2 fully saturated rings. The largest absolute Gasteiger partial charge is 0.294 e. The number of para-hydroxylation sites is 3. The Morgan fingerprint density at radius 3 is 1.88 bits per heavy atom. The number of hydrogen-bond acceptors (Lipinski definition) is 4. The highest BCUT2D eigenvalue weighted by molar-refractivity contribution is 8.20. The number of carbonyl (C=O) groups excluding carboxylic acids is 1. The molecule has 0 unspecified atom stereocenters. The lowest BCUT2D eigenvalue weighted by Crippen LogP contribution is -2.28. The molecule has 0 spiro atoms. The minimum atomic E-state index is 0.236. The second-order valence-electron chi connectivity index (χ2n) is 7.71. The average Bonchev–Trinajstić information content (AvgIpc) is 3.18. The van der Waals surface area contributed by atoms with Crippen molar-refractivity contribution >= 4 is 45.5 Å². The zero-order chi connectivity index (χ0) is 21.8. The maximum absolute atomic E-state index is 12.9. The molecular weight excluding hydrogens is 414 g/mol. The molecule has 0 radical (unpaired) electrons. The van der Waals surface area contributed by atoms with Gasteiger partial charge in [0.25, 0.3) is 0 Å². The van der Waals surface area contributed by atoms with E-state index < -0.39 is 0 Å². The van der Waals surface area contributed by atoms with Gasteiger partial charge in [0.1, 0.15) is 5.04 Å². The highest BCUT2D eigenvalue weighted by atomic mass is 32.2. The molecule has 32 heavy (non-hydrogen) atoms. The van der Waals surface area contributed by atoms with Gasteiger partial charge in [0, 0.05) is 17.7 Å². The van der Waals surface area contributed by atoms with Crippen molar-refractivity contribution in [2.45, 2.75) is 25.7 Å². The van der Waals surface area contributed by atoms with Crippen molar-refractivity contribution in [3.05, 3.63) is 102 Å². The number of carbonyl (C=O) groups is 1. The topological polar surface area (TPSA) is 45.0 Å². The molecule has 2 aliphatic rings. The van der Waals surface area contributed by atoms with Gasteiger partial charge in [0.15, 0.2) is 11.6 Å². The number of ketones is 1. The lowest BCUT2D eigenvalue weighted by molar-refractivity contribution is -0.116. The van der Waals surface area contributed by atoms with Gasteiger partial charge in [-0.25, -0.2) is 9.98 Å². The fourth-order valence-corrected chi connectivity index (χ4v) is 5.09. The van der Waals surface area contributed by atoms with E-state index in [1.807, 2.05) is 78.9 Å². The van der Waals surface area contributed by atoms with Crippen LogP contribution in [-0.2, 0) is 4.79 Å². The van der Waals surface area contributed by atoms with Crippen LogP contribution in [0.4, 0.5) is 17.1 Å². The molecule has 0 N–H and O–H groups in total. The van der Waals surface area contributed by atoms with Gasteiger partial charge in [0.05, 0.1) is 16.4 Å². The molecule has 5 rings (SSSR count). The van der Waals surface area contributed by atoms with Crippen LogP contribution >= 0.6 is 11.8 Å². The van der Waals surface area contributed by atoms with Crippen molar-refractivity contribution in [2.75, 3.05) is 4.90 Å². The van der Waals surface area contributed by atoms with Gasteiger partial charge in [-0.05, 0) is 67.4 Å². The van der Waals surface area contributed by atoms with Crippen LogP contribution in [0, 0.1) is 0 Å². The summed E-state index contributed by atoms with van der Waals surface area (Å²) >= 11 is 1.55. The number of hydrogen-bond donors (Lipinski definition) is 0. The van der Waals surface area contributed by atoms with Crippen LogP contribution in [-0.4, -0.2) is 16.7 Å². The van der Waals surface area contributed by atoms with Crippen LogP contribution in [0.2, 0.25) is 0 Å². The summed E-state index contributed by atoms with van der Waals surface area (Å²) < 4.78 is 0. The molecule has 0 amide bonds. The molecule has 1 saturated heterocycles. The average molecular weight is 438 g/mol. The Hall–Kier alpha value is -3.44. The smallest absolute Gasteiger partial charge is 0.171 e. The minimum absolute atomic E-state index is 0.236. The number of benzene rings is 3. The molecule has 1 aliphatic heterocycles. The molecule has 1 aliphatic carbocycles. The second kappa shape index (κ2) is 9.37. The normalized spacial score (nSPS) is 21.5. The molecule has 3 aromatic rings. The van der Waals surface area contributed by atoms with Gasteiger partial charge in [-0.3, -0.25) is 9.69 Å². The van der Waals surface area contributed by atoms with E-state index in [1.165, 1.54) is 0 Å². The third-order valence-electron chi connectivity index (χ3n) is 5.47. The summed E-state index contributed by atoms with van der Waals surface area (Å²) in [5.41, 5.74) is 3.59. The molecule has 1 saturated carbocycles. The summed E-state index contributed by atoms with van der Waals surface area (Å²) in [4.78, 5) is 25.0. The molecule has 0 bridgehead atoms. The summed E-state index contributed by atoms with van der Waals surface area (Å²) in [6, 6.07) is 29.9. The second-order valence-corrected chi connectivity index (χ2v) is 8.69. The van der Waals surface area contributed by atoms with E-state index in [0.29, 0.717) is 6.42 Å². The van der Waals surface area contributed by atoms with E-state index in [4.69, 9.17) is 9.98 Å². The fraction of sp³-hybridized carbons (Fsp3) is 0.148. The fourth-order valence-electron chi connectivity index (χ4n) is 3.91. The Morgan fingerprint density at radius 1 is 0.688 bits per heavy atom. The molecule has 0 aromatic heterocycles. The van der Waals surface area contributed by atoms with E-state index in [0.717, 1.165) is 57.8 Å². The Morgan fingerprint density at radius 2 is 1.25 bits per heavy atom. The van der Waals surface area contributed by atoms with Crippen LogP contribution in [0.3, 0.4) is 0 Å². The lowest BCUT2D eigenvalue weighted by atomic mass is 9.94. The van der Waals surface area contributed by atoms with Crippen molar-refractivity contribution in [2.24, 2.45) is 9.98 Å². The molecule has 158 valence electrons. The van der Waals surface area contributed by atoms with E-state index in [1.54, 1.807) is 11.8 Å². The first kappa shape index (κ1) is 20.5. The highest BCUT2D eigenvalue weighted by Gasteiger charge is 2.37. The van der Waals surface area contributed by atoms with Gasteiger partial charge in [-0.15, -0.1) is 0 Å². The van der Waals surface area contributed by atoms with Crippen LogP contribution in [0.15, 0.2) is 112 Å². The summed E-state index contributed by atoms with van der Waals surface area (Å²) in [5, 5.41) is 1.73. The summed E-state index contributed by atoms with van der Waals surface area (Å²) in [5.74, 6) is 0.983. The number of thioether (sulfide) groups is 1. The van der Waals surface area contributed by atoms with E-state index in [9.17, 15) is 4.79 Å². The van der Waals surface area contributed by atoms with Crippen molar-refractivity contribution < 1.29 is 4.79 Å². The summed E-state index contributed by atoms with van der Waals surface area (Å²) in [7, 11) is 0. The quantitative estimate of drug-likeness (QED) is 0.412. The zero-order valence-corrected chi connectivity index (χ0v) is 18.5. The SMILES string of the molecule is O=C1CCCCC1=C1SC(=Nc2ccccc2)C(=Nc2ccccc2)N1c1ccccc1. The number of rotatable bonds is 3. The van der Waals surface area contributed by atoms with Gasteiger partial charge < -0.3 is 0 Å². The predicted octanol–water partition coefficient (Wildman–Crippen LogP) is 7.05. The van der Waals surface area contributed by atoms with Gasteiger partial charge in [-0.2, -0.15) is 0 Å². The molecule has 1 heterocycles. The maximum Gasteiger partial charge on any atom is 0.171 e. The molecular formula is C27H23N3OS. The van der Waals surface area contributed by atoms with Crippen LogP contribution in [0.5, 0.6) is 0 Å². The first-order chi connectivity index (χ1) is 15.8. The molecule has 4 nitrogen and oxygen atoms in total. The molecule has 5 heteroatoms. The van der Waals surface area contributed by atoms with Crippen molar-refractivity contribution in [1.29, 1.82) is 0 Å². The minimum Gasteiger partial charge on any atom is -0.294 e. The van der Waals surface area contributed by atoms with E-state index >= 15 is 0 Å². The molecule has 3 aromatic carbocycles. The predicted molar refractivity (Wildman–Crippen MR) is 134 cm³/mol. The number of aliphatic imine (C=N–C) groups is 2. The first-order valence-corrected chi connectivity index (χ1v) is 11.7. The Kier molecular flexibility index (Phi) is 5.99. The van der Waals surface area contributed by atoms with Crippen molar-refractivity contribution in [3.8, 4) is 0 Å². The number of nitrogens with zero attached hydrogens (tertiary/aromatic N) is 3.